The number of hydrogen-bond donors (Lipinski definition) is 2. The van der Waals surface area contributed by atoms with Crippen molar-refractivity contribution in [2.24, 2.45) is 0 Å². The van der Waals surface area contributed by atoms with E-state index in [2.05, 4.69) is 23.7 Å². The Morgan fingerprint density at radius 2 is 1.80 bits per heavy atom. The normalized spacial score (nSPS) is 13.5. The highest BCUT2D eigenvalue weighted by Crippen LogP contribution is 2.27. The lowest BCUT2D eigenvalue weighted by Gasteiger charge is -2.30. The topological polar surface area (TPSA) is 71.3 Å². The minimum Gasteiger partial charge on any atom is -0.479 e. The van der Waals surface area contributed by atoms with Gasteiger partial charge in [0.2, 0.25) is 0 Å². The summed E-state index contributed by atoms with van der Waals surface area (Å²) in [6.07, 6.45) is 0.251. The smallest absolute Gasteiger partial charge is 0.334 e. The molecule has 0 fully saturated rings. The minimum atomic E-state index is -1.45. The van der Waals surface area contributed by atoms with Gasteiger partial charge in [-0.2, -0.15) is 0 Å². The van der Waals surface area contributed by atoms with E-state index in [-0.39, 0.29) is 18.4 Å². The number of benzene rings is 1. The summed E-state index contributed by atoms with van der Waals surface area (Å²) in [5, 5.41) is 12.7. The van der Waals surface area contributed by atoms with Crippen LogP contribution in [0.2, 0.25) is 0 Å². The Morgan fingerprint density at radius 3 is 2.24 bits per heavy atom. The van der Waals surface area contributed by atoms with Gasteiger partial charge in [-0.1, -0.05) is 37.3 Å². The quantitative estimate of drug-likeness (QED) is 0.838. The summed E-state index contributed by atoms with van der Waals surface area (Å²) in [7, 11) is 0. The molecule has 2 rings (SSSR count). The van der Waals surface area contributed by atoms with E-state index in [0.717, 1.165) is 11.4 Å². The van der Waals surface area contributed by atoms with E-state index in [0.29, 0.717) is 11.1 Å². The number of amides is 1. The molecule has 0 aliphatic heterocycles. The zero-order chi connectivity index (χ0) is 18.8. The van der Waals surface area contributed by atoms with E-state index in [9.17, 15) is 14.7 Å². The molecule has 25 heavy (non-hydrogen) atoms. The molecule has 1 heterocycles. The van der Waals surface area contributed by atoms with Crippen LogP contribution in [-0.2, 0) is 10.3 Å². The van der Waals surface area contributed by atoms with Crippen molar-refractivity contribution < 1.29 is 14.7 Å². The number of aryl methyl sites for hydroxylation is 1. The summed E-state index contributed by atoms with van der Waals surface area (Å²) in [5.41, 5.74) is 1.46. The monoisotopic (exact) mass is 342 g/mol. The molecule has 1 aromatic heterocycles. The summed E-state index contributed by atoms with van der Waals surface area (Å²) in [6, 6.07) is 10.9. The highest BCUT2D eigenvalue weighted by molar-refractivity contribution is 5.99. The zero-order valence-electron chi connectivity index (χ0n) is 15.5. The van der Waals surface area contributed by atoms with Gasteiger partial charge >= 0.3 is 5.97 Å². The van der Waals surface area contributed by atoms with Crippen molar-refractivity contribution in [3.05, 3.63) is 58.9 Å². The van der Waals surface area contributed by atoms with Gasteiger partial charge in [-0.15, -0.1) is 0 Å². The van der Waals surface area contributed by atoms with Crippen molar-refractivity contribution in [1.29, 1.82) is 0 Å². The van der Waals surface area contributed by atoms with E-state index in [1.807, 2.05) is 26.0 Å². The van der Waals surface area contributed by atoms with Crippen molar-refractivity contribution in [2.75, 3.05) is 0 Å². The molecule has 0 bridgehead atoms. The van der Waals surface area contributed by atoms with Crippen molar-refractivity contribution in [3.63, 3.8) is 0 Å². The fraction of sp³-hybridized carbons (Fsp3) is 0.400. The number of rotatable bonds is 6. The Bertz CT molecular complexity index is 778. The van der Waals surface area contributed by atoms with Crippen LogP contribution in [0.1, 0.15) is 60.5 Å². The first kappa shape index (κ1) is 18.8. The summed E-state index contributed by atoms with van der Waals surface area (Å²) in [4.78, 5) is 25.0. The lowest BCUT2D eigenvalue weighted by Crippen LogP contribution is -2.51. The Kier molecular flexibility index (Phi) is 5.36. The number of carboxylic acids is 1. The third-order valence-corrected chi connectivity index (χ3v) is 4.73. The predicted molar refractivity (Wildman–Crippen MR) is 97.8 cm³/mol. The van der Waals surface area contributed by atoms with Crippen LogP contribution in [0.4, 0.5) is 0 Å². The third kappa shape index (κ3) is 3.31. The molecule has 1 atom stereocenters. The molecule has 0 saturated heterocycles. The Balaban J connectivity index is 2.46. The predicted octanol–water partition coefficient (Wildman–Crippen LogP) is 3.81. The first-order valence-corrected chi connectivity index (χ1v) is 8.54. The van der Waals surface area contributed by atoms with Crippen LogP contribution in [-0.4, -0.2) is 21.6 Å². The largest absolute Gasteiger partial charge is 0.479 e. The van der Waals surface area contributed by atoms with E-state index < -0.39 is 11.5 Å². The SMILES string of the molecule is CCC(NC(=O)c1cc(C)n(C(C)C)c1C)(C(=O)O)c1ccccc1. The molecule has 0 aliphatic carbocycles. The summed E-state index contributed by atoms with van der Waals surface area (Å²) >= 11 is 0. The Labute approximate surface area is 148 Å². The van der Waals surface area contributed by atoms with E-state index in [1.165, 1.54) is 0 Å². The first-order valence-electron chi connectivity index (χ1n) is 8.54. The summed E-state index contributed by atoms with van der Waals surface area (Å²) < 4.78 is 2.08. The average Bonchev–Trinajstić information content (AvgIpc) is 2.87. The van der Waals surface area contributed by atoms with Crippen LogP contribution in [0.3, 0.4) is 0 Å². The van der Waals surface area contributed by atoms with Gasteiger partial charge in [-0.3, -0.25) is 4.79 Å². The fourth-order valence-corrected chi connectivity index (χ4v) is 3.48. The number of nitrogens with zero attached hydrogens (tertiary/aromatic N) is 1. The van der Waals surface area contributed by atoms with Crippen LogP contribution in [0.25, 0.3) is 0 Å². The summed E-state index contributed by atoms with van der Waals surface area (Å²) in [5.74, 6) is -1.43. The minimum absolute atomic E-state index is 0.228. The molecule has 5 nitrogen and oxygen atoms in total. The molecular formula is C20H26N2O3. The number of nitrogens with one attached hydrogen (secondary N) is 1. The molecule has 0 radical (unpaired) electrons. The molecule has 134 valence electrons. The second-order valence-corrected chi connectivity index (χ2v) is 6.63. The maximum absolute atomic E-state index is 12.9. The van der Waals surface area contributed by atoms with Crippen molar-refractivity contribution in [2.45, 2.75) is 52.6 Å². The van der Waals surface area contributed by atoms with Gasteiger partial charge in [0.15, 0.2) is 5.54 Å². The number of aromatic nitrogens is 1. The molecule has 2 aromatic rings. The average molecular weight is 342 g/mol. The van der Waals surface area contributed by atoms with Gasteiger partial charge in [0.05, 0.1) is 5.56 Å². The van der Waals surface area contributed by atoms with Gasteiger partial charge in [0.25, 0.3) is 5.91 Å². The maximum atomic E-state index is 12.9. The van der Waals surface area contributed by atoms with Crippen molar-refractivity contribution >= 4 is 11.9 Å². The number of carbonyl (C=O) groups is 2. The number of aliphatic carboxylic acids is 1. The van der Waals surface area contributed by atoms with Crippen LogP contribution in [0, 0.1) is 13.8 Å². The van der Waals surface area contributed by atoms with Crippen LogP contribution < -0.4 is 5.32 Å². The van der Waals surface area contributed by atoms with Gasteiger partial charge in [0, 0.05) is 17.4 Å². The van der Waals surface area contributed by atoms with Crippen molar-refractivity contribution in [3.8, 4) is 0 Å². The molecule has 2 N–H and O–H groups in total. The highest BCUT2D eigenvalue weighted by Gasteiger charge is 2.40. The number of carbonyl (C=O) groups excluding carboxylic acids is 1. The fourth-order valence-electron chi connectivity index (χ4n) is 3.48. The van der Waals surface area contributed by atoms with Crippen LogP contribution in [0.15, 0.2) is 36.4 Å². The third-order valence-electron chi connectivity index (χ3n) is 4.73. The molecule has 0 aliphatic rings. The molecule has 1 amide bonds. The highest BCUT2D eigenvalue weighted by atomic mass is 16.4. The molecular weight excluding hydrogens is 316 g/mol. The van der Waals surface area contributed by atoms with E-state index >= 15 is 0 Å². The molecule has 0 saturated carbocycles. The summed E-state index contributed by atoms with van der Waals surface area (Å²) in [6.45, 7) is 9.71. The molecule has 5 heteroatoms. The van der Waals surface area contributed by atoms with Crippen molar-refractivity contribution in [1.82, 2.24) is 9.88 Å². The molecule has 0 spiro atoms. The van der Waals surface area contributed by atoms with Crippen LogP contribution in [0.5, 0.6) is 0 Å². The number of carboxylic acid groups (broad SMARTS) is 1. The second kappa shape index (κ2) is 7.13. The molecule has 1 aromatic carbocycles. The standard InChI is InChI=1S/C20H26N2O3/c1-6-20(19(24)25,16-10-8-7-9-11-16)21-18(23)17-12-14(4)22(13(2)3)15(17)5/h7-13H,6H2,1-5H3,(H,21,23)(H,24,25). The maximum Gasteiger partial charge on any atom is 0.334 e. The molecule has 1 unspecified atom stereocenters. The first-order chi connectivity index (χ1) is 11.7. The van der Waals surface area contributed by atoms with Gasteiger partial charge in [-0.05, 0) is 45.7 Å². The number of hydrogen-bond acceptors (Lipinski definition) is 2. The van der Waals surface area contributed by atoms with Gasteiger partial charge in [-0.25, -0.2) is 4.79 Å². The lowest BCUT2D eigenvalue weighted by atomic mass is 9.87. The van der Waals surface area contributed by atoms with E-state index in [1.54, 1.807) is 31.2 Å². The van der Waals surface area contributed by atoms with Gasteiger partial charge in [0.1, 0.15) is 0 Å². The lowest BCUT2D eigenvalue weighted by molar-refractivity contribution is -0.145. The van der Waals surface area contributed by atoms with Gasteiger partial charge < -0.3 is 15.0 Å². The zero-order valence-corrected chi connectivity index (χ0v) is 15.5. The van der Waals surface area contributed by atoms with E-state index in [4.69, 9.17) is 0 Å². The van der Waals surface area contributed by atoms with Crippen LogP contribution >= 0.6 is 0 Å². The Hall–Kier alpha value is -2.56. The Morgan fingerprint density at radius 1 is 1.20 bits per heavy atom. The second-order valence-electron chi connectivity index (χ2n) is 6.63.